The highest BCUT2D eigenvalue weighted by atomic mass is 35.5. The third-order valence-corrected chi connectivity index (χ3v) is 3.27. The van der Waals surface area contributed by atoms with Crippen LogP contribution in [-0.2, 0) is 0 Å². The fraction of sp³-hybridized carbons (Fsp3) is 0. The van der Waals surface area contributed by atoms with E-state index in [-0.39, 0.29) is 0 Å². The van der Waals surface area contributed by atoms with Crippen molar-refractivity contribution in [1.29, 1.82) is 5.26 Å². The molecule has 1 heterocycles. The number of para-hydroxylation sites is 1. The number of hydrogen-bond acceptors (Lipinski definition) is 1. The molecule has 0 radical (unpaired) electrons. The fourth-order valence-electron chi connectivity index (χ4n) is 2.17. The molecule has 3 aromatic rings. The number of fused-ring (bicyclic) bond motifs is 1. The van der Waals surface area contributed by atoms with Crippen molar-refractivity contribution in [2.75, 3.05) is 0 Å². The number of nitrogens with zero attached hydrogens (tertiary/aromatic N) is 1. The van der Waals surface area contributed by atoms with Crippen molar-refractivity contribution in [3.8, 4) is 17.2 Å². The zero-order chi connectivity index (χ0) is 12.5. The Hall–Kier alpha value is -2.24. The van der Waals surface area contributed by atoms with E-state index in [1.54, 1.807) is 0 Å². The quantitative estimate of drug-likeness (QED) is 0.687. The summed E-state index contributed by atoms with van der Waals surface area (Å²) in [6.45, 7) is 0. The summed E-state index contributed by atoms with van der Waals surface area (Å²) in [6.07, 6.45) is 0. The number of aromatic nitrogens is 1. The molecule has 0 atom stereocenters. The average Bonchev–Trinajstić information content (AvgIpc) is 2.80. The lowest BCUT2D eigenvalue weighted by molar-refractivity contribution is 1.37. The second-order valence-electron chi connectivity index (χ2n) is 4.02. The molecule has 0 aliphatic carbocycles. The van der Waals surface area contributed by atoms with E-state index in [4.69, 9.17) is 11.6 Å². The molecule has 2 nitrogen and oxygen atoms in total. The third-order valence-electron chi connectivity index (χ3n) is 2.96. The Kier molecular flexibility index (Phi) is 2.55. The van der Waals surface area contributed by atoms with Crippen LogP contribution in [0.2, 0.25) is 5.02 Å². The Morgan fingerprint density at radius 1 is 1.00 bits per heavy atom. The van der Waals surface area contributed by atoms with Gasteiger partial charge in [-0.15, -0.1) is 0 Å². The predicted octanol–water partition coefficient (Wildman–Crippen LogP) is 4.36. The van der Waals surface area contributed by atoms with Crippen molar-refractivity contribution in [2.45, 2.75) is 0 Å². The number of nitriles is 1. The Bertz CT molecular complexity index is 751. The van der Waals surface area contributed by atoms with Crippen molar-refractivity contribution in [3.63, 3.8) is 0 Å². The molecule has 86 valence electrons. The van der Waals surface area contributed by atoms with Crippen LogP contribution in [0.4, 0.5) is 0 Å². The normalized spacial score (nSPS) is 10.4. The number of nitrogens with one attached hydrogen (secondary N) is 1. The Labute approximate surface area is 109 Å². The SMILES string of the molecule is N#Cc1[nH]c2c(Cl)cccc2c1-c1ccccc1. The molecule has 0 spiro atoms. The minimum atomic E-state index is 0.546. The lowest BCUT2D eigenvalue weighted by atomic mass is 10.0. The summed E-state index contributed by atoms with van der Waals surface area (Å²) in [4.78, 5) is 3.09. The number of H-pyrrole nitrogens is 1. The van der Waals surface area contributed by atoms with Gasteiger partial charge in [-0.3, -0.25) is 0 Å². The Morgan fingerprint density at radius 2 is 1.78 bits per heavy atom. The largest absolute Gasteiger partial charge is 0.345 e. The van der Waals surface area contributed by atoms with Gasteiger partial charge in [0.1, 0.15) is 11.8 Å². The molecule has 0 saturated heterocycles. The maximum atomic E-state index is 9.25. The second-order valence-corrected chi connectivity index (χ2v) is 4.42. The molecule has 3 heteroatoms. The molecule has 0 aliphatic heterocycles. The minimum absolute atomic E-state index is 0.546. The van der Waals surface area contributed by atoms with E-state index in [1.165, 1.54) is 0 Å². The van der Waals surface area contributed by atoms with E-state index < -0.39 is 0 Å². The first kappa shape index (κ1) is 10.9. The fourth-order valence-corrected chi connectivity index (χ4v) is 2.39. The maximum absolute atomic E-state index is 9.25. The second kappa shape index (κ2) is 4.21. The van der Waals surface area contributed by atoms with Crippen LogP contribution in [0.25, 0.3) is 22.0 Å². The van der Waals surface area contributed by atoms with Gasteiger partial charge in [-0.25, -0.2) is 0 Å². The highest BCUT2D eigenvalue weighted by Gasteiger charge is 2.14. The van der Waals surface area contributed by atoms with Crippen LogP contribution in [-0.4, -0.2) is 4.98 Å². The van der Waals surface area contributed by atoms with Crippen molar-refractivity contribution < 1.29 is 0 Å². The first-order chi connectivity index (χ1) is 8.81. The lowest BCUT2D eigenvalue weighted by Gasteiger charge is -2.00. The molecule has 0 amide bonds. The van der Waals surface area contributed by atoms with E-state index in [2.05, 4.69) is 11.1 Å². The van der Waals surface area contributed by atoms with Gasteiger partial charge in [-0.2, -0.15) is 5.26 Å². The van der Waals surface area contributed by atoms with Gasteiger partial charge in [0.25, 0.3) is 0 Å². The summed E-state index contributed by atoms with van der Waals surface area (Å²) in [5, 5.41) is 10.9. The van der Waals surface area contributed by atoms with Crippen molar-refractivity contribution in [2.24, 2.45) is 0 Å². The Morgan fingerprint density at radius 3 is 2.50 bits per heavy atom. The highest BCUT2D eigenvalue weighted by Crippen LogP contribution is 2.34. The van der Waals surface area contributed by atoms with Crippen molar-refractivity contribution in [1.82, 2.24) is 4.98 Å². The van der Waals surface area contributed by atoms with Crippen LogP contribution in [0.5, 0.6) is 0 Å². The number of aromatic amines is 1. The summed E-state index contributed by atoms with van der Waals surface area (Å²) in [7, 11) is 0. The van der Waals surface area contributed by atoms with Gasteiger partial charge < -0.3 is 4.98 Å². The molecular formula is C15H9ClN2. The molecule has 1 N–H and O–H groups in total. The molecule has 0 aliphatic rings. The number of halogens is 1. The van der Waals surface area contributed by atoms with Crippen molar-refractivity contribution >= 4 is 22.5 Å². The van der Waals surface area contributed by atoms with Crippen LogP contribution in [0.1, 0.15) is 5.69 Å². The van der Waals surface area contributed by atoms with E-state index in [9.17, 15) is 5.26 Å². The number of hydrogen-bond donors (Lipinski definition) is 1. The molecule has 3 rings (SSSR count). The zero-order valence-corrected chi connectivity index (χ0v) is 10.2. The van der Waals surface area contributed by atoms with Crippen LogP contribution in [0, 0.1) is 11.3 Å². The molecule has 0 saturated carbocycles. The van der Waals surface area contributed by atoms with E-state index in [1.807, 2.05) is 48.5 Å². The number of benzene rings is 2. The van der Waals surface area contributed by atoms with Crippen molar-refractivity contribution in [3.05, 3.63) is 59.2 Å². The monoisotopic (exact) mass is 252 g/mol. The molecule has 1 aromatic heterocycles. The molecule has 0 unspecified atom stereocenters. The summed E-state index contributed by atoms with van der Waals surface area (Å²) in [5.41, 5.74) is 3.29. The smallest absolute Gasteiger partial charge is 0.126 e. The van der Waals surface area contributed by atoms with Gasteiger partial charge in [0, 0.05) is 10.9 Å². The molecule has 0 bridgehead atoms. The van der Waals surface area contributed by atoms with E-state index in [0.29, 0.717) is 10.7 Å². The third kappa shape index (κ3) is 1.57. The highest BCUT2D eigenvalue weighted by molar-refractivity contribution is 6.35. The number of rotatable bonds is 1. The predicted molar refractivity (Wildman–Crippen MR) is 73.5 cm³/mol. The summed E-state index contributed by atoms with van der Waals surface area (Å²) in [5.74, 6) is 0. The van der Waals surface area contributed by atoms with E-state index >= 15 is 0 Å². The first-order valence-electron chi connectivity index (χ1n) is 5.57. The zero-order valence-electron chi connectivity index (χ0n) is 9.44. The Balaban J connectivity index is 2.42. The van der Waals surface area contributed by atoms with Crippen LogP contribution < -0.4 is 0 Å². The van der Waals surface area contributed by atoms with Gasteiger partial charge in [0.05, 0.1) is 10.5 Å². The van der Waals surface area contributed by atoms with Gasteiger partial charge in [0.2, 0.25) is 0 Å². The van der Waals surface area contributed by atoms with Crippen LogP contribution in [0.15, 0.2) is 48.5 Å². The van der Waals surface area contributed by atoms with Gasteiger partial charge in [-0.1, -0.05) is 54.1 Å². The molecular weight excluding hydrogens is 244 g/mol. The van der Waals surface area contributed by atoms with Gasteiger partial charge in [-0.05, 0) is 11.6 Å². The summed E-state index contributed by atoms with van der Waals surface area (Å²) >= 11 is 6.15. The first-order valence-corrected chi connectivity index (χ1v) is 5.95. The average molecular weight is 253 g/mol. The van der Waals surface area contributed by atoms with Crippen LogP contribution >= 0.6 is 11.6 Å². The summed E-state index contributed by atoms with van der Waals surface area (Å²) in [6, 6.07) is 17.7. The maximum Gasteiger partial charge on any atom is 0.126 e. The molecule has 18 heavy (non-hydrogen) atoms. The van der Waals surface area contributed by atoms with Gasteiger partial charge in [0.15, 0.2) is 0 Å². The molecule has 0 fully saturated rings. The lowest BCUT2D eigenvalue weighted by Crippen LogP contribution is -1.79. The van der Waals surface area contributed by atoms with Crippen LogP contribution in [0.3, 0.4) is 0 Å². The topological polar surface area (TPSA) is 39.6 Å². The molecule has 2 aromatic carbocycles. The minimum Gasteiger partial charge on any atom is -0.345 e. The van der Waals surface area contributed by atoms with E-state index in [0.717, 1.165) is 22.0 Å². The standard InChI is InChI=1S/C15H9ClN2/c16-12-8-4-7-11-14(10-5-2-1-3-6-10)13(9-17)18-15(11)12/h1-8,18H. The van der Waals surface area contributed by atoms with Gasteiger partial charge >= 0.3 is 0 Å². The summed E-state index contributed by atoms with van der Waals surface area (Å²) < 4.78 is 0.